The zero-order valence-electron chi connectivity index (χ0n) is 25.7. The molecule has 1 aromatic heterocycles. The molecule has 1 saturated carbocycles. The monoisotopic (exact) mass is 590 g/mol. The molecule has 230 valence electrons. The third-order valence-corrected chi connectivity index (χ3v) is 9.83. The van der Waals surface area contributed by atoms with Crippen molar-refractivity contribution in [2.24, 2.45) is 11.3 Å². The Morgan fingerprint density at radius 2 is 1.84 bits per heavy atom. The molecule has 5 heterocycles. The zero-order valence-corrected chi connectivity index (χ0v) is 25.7. The van der Waals surface area contributed by atoms with Crippen LogP contribution >= 0.6 is 0 Å². The normalized spacial score (nSPS) is 24.4. The number of ether oxygens (including phenoxy) is 1. The van der Waals surface area contributed by atoms with Gasteiger partial charge in [0.15, 0.2) is 11.6 Å². The van der Waals surface area contributed by atoms with E-state index in [-0.39, 0.29) is 52.6 Å². The summed E-state index contributed by atoms with van der Waals surface area (Å²) in [5, 5.41) is 3.58. The third-order valence-electron chi connectivity index (χ3n) is 9.83. The van der Waals surface area contributed by atoms with Crippen molar-refractivity contribution >= 4 is 17.6 Å². The number of aromatic nitrogens is 2. The molecule has 1 spiro atoms. The highest BCUT2D eigenvalue weighted by Crippen LogP contribution is 2.45. The van der Waals surface area contributed by atoms with Gasteiger partial charge in [0.05, 0.1) is 17.8 Å². The lowest BCUT2D eigenvalue weighted by molar-refractivity contribution is -0.138. The maximum Gasteiger partial charge on any atom is 0.258 e. The Morgan fingerprint density at radius 3 is 2.49 bits per heavy atom. The highest BCUT2D eigenvalue weighted by Gasteiger charge is 2.49. The number of nitrogens with zero attached hydrogens (tertiary/aromatic N) is 5. The fourth-order valence-electron chi connectivity index (χ4n) is 7.64. The van der Waals surface area contributed by atoms with Gasteiger partial charge in [0.25, 0.3) is 5.91 Å². The minimum absolute atomic E-state index is 0.0632. The molecule has 4 saturated heterocycles. The fourth-order valence-corrected chi connectivity index (χ4v) is 7.64. The smallest absolute Gasteiger partial charge is 0.258 e. The van der Waals surface area contributed by atoms with Crippen LogP contribution in [0.5, 0.6) is 11.5 Å². The second-order valence-electron chi connectivity index (χ2n) is 13.4. The van der Waals surface area contributed by atoms with E-state index in [9.17, 15) is 14.0 Å². The molecule has 5 fully saturated rings. The predicted molar refractivity (Wildman–Crippen MR) is 163 cm³/mol. The van der Waals surface area contributed by atoms with E-state index in [1.54, 1.807) is 11.1 Å². The van der Waals surface area contributed by atoms with Gasteiger partial charge in [0, 0.05) is 55.6 Å². The van der Waals surface area contributed by atoms with Crippen LogP contribution in [-0.4, -0.2) is 81.9 Å². The number of hydrogen-bond acceptors (Lipinski definition) is 7. The highest BCUT2D eigenvalue weighted by molar-refractivity contribution is 5.97. The van der Waals surface area contributed by atoms with Crippen LogP contribution in [0.1, 0.15) is 70.2 Å². The molecule has 4 aliphatic heterocycles. The average molecular weight is 591 g/mol. The molecule has 0 unspecified atom stereocenters. The van der Waals surface area contributed by atoms with Gasteiger partial charge >= 0.3 is 0 Å². The molecule has 9 nitrogen and oxygen atoms in total. The summed E-state index contributed by atoms with van der Waals surface area (Å²) >= 11 is 0. The van der Waals surface area contributed by atoms with Gasteiger partial charge in [-0.1, -0.05) is 12.2 Å². The molecule has 3 atom stereocenters. The molecule has 0 radical (unpaired) electrons. The van der Waals surface area contributed by atoms with Crippen molar-refractivity contribution in [1.82, 2.24) is 25.1 Å². The number of piperidine rings is 3. The van der Waals surface area contributed by atoms with Crippen LogP contribution in [0.4, 0.5) is 10.2 Å². The van der Waals surface area contributed by atoms with Gasteiger partial charge in [-0.3, -0.25) is 9.59 Å². The number of hydrogen-bond donors (Lipinski definition) is 1. The van der Waals surface area contributed by atoms with Crippen molar-refractivity contribution in [2.45, 2.75) is 84.0 Å². The Morgan fingerprint density at radius 1 is 1.12 bits per heavy atom. The van der Waals surface area contributed by atoms with Crippen LogP contribution in [0.3, 0.4) is 0 Å². The number of likely N-dealkylation sites (tertiary alicyclic amines) is 1. The van der Waals surface area contributed by atoms with E-state index in [0.29, 0.717) is 17.6 Å². The van der Waals surface area contributed by atoms with Gasteiger partial charge in [-0.15, -0.1) is 0 Å². The average Bonchev–Trinajstić information content (AvgIpc) is 2.96. The van der Waals surface area contributed by atoms with E-state index < -0.39 is 5.82 Å². The second kappa shape index (κ2) is 11.5. The first-order valence-corrected chi connectivity index (χ1v) is 15.6. The Labute approximate surface area is 253 Å². The van der Waals surface area contributed by atoms with Crippen molar-refractivity contribution in [1.29, 1.82) is 0 Å². The number of halogens is 1. The van der Waals surface area contributed by atoms with E-state index in [1.165, 1.54) is 30.1 Å². The van der Waals surface area contributed by atoms with Gasteiger partial charge in [0.1, 0.15) is 17.9 Å². The van der Waals surface area contributed by atoms with Crippen molar-refractivity contribution in [2.75, 3.05) is 31.1 Å². The molecule has 1 aromatic carbocycles. The SMILES string of the molecule is C=C1C[C@@H]2CC[C@H]1[C@@H](C(=O)N1CCC3(CC1)CN(c1ncncc1Oc1ccc(F)cc1C(=O)N(C(C)C)C(C)C)C3)N2. The molecule has 1 N–H and O–H groups in total. The lowest BCUT2D eigenvalue weighted by Crippen LogP contribution is -2.64. The van der Waals surface area contributed by atoms with E-state index >= 15 is 0 Å². The first-order chi connectivity index (χ1) is 20.5. The van der Waals surface area contributed by atoms with Gasteiger partial charge in [-0.25, -0.2) is 14.4 Å². The molecule has 1 aliphatic carbocycles. The van der Waals surface area contributed by atoms with E-state index in [1.807, 2.05) is 32.6 Å². The summed E-state index contributed by atoms with van der Waals surface area (Å²) in [5.41, 5.74) is 1.51. The van der Waals surface area contributed by atoms with Crippen molar-refractivity contribution < 1.29 is 18.7 Å². The summed E-state index contributed by atoms with van der Waals surface area (Å²) in [6, 6.07) is 4.16. The van der Waals surface area contributed by atoms with Crippen LogP contribution < -0.4 is 15.0 Å². The van der Waals surface area contributed by atoms with Crippen LogP contribution in [0.2, 0.25) is 0 Å². The van der Waals surface area contributed by atoms with Crippen LogP contribution in [0.25, 0.3) is 0 Å². The maximum absolute atomic E-state index is 14.3. The third kappa shape index (κ3) is 5.61. The van der Waals surface area contributed by atoms with Crippen molar-refractivity contribution in [3.8, 4) is 11.5 Å². The number of anilines is 1. The molecule has 5 aliphatic rings. The number of rotatable bonds is 7. The molecular weight excluding hydrogens is 547 g/mol. The van der Waals surface area contributed by atoms with E-state index in [4.69, 9.17) is 4.74 Å². The van der Waals surface area contributed by atoms with Crippen LogP contribution in [0, 0.1) is 17.2 Å². The lowest BCUT2D eigenvalue weighted by Gasteiger charge is -2.55. The largest absolute Gasteiger partial charge is 0.451 e. The number of carbonyl (C=O) groups excluding carboxylic acids is 2. The van der Waals surface area contributed by atoms with E-state index in [0.717, 1.165) is 58.3 Å². The molecule has 7 rings (SSSR count). The highest BCUT2D eigenvalue weighted by atomic mass is 19.1. The zero-order chi connectivity index (χ0) is 30.5. The van der Waals surface area contributed by atoms with Gasteiger partial charge in [0.2, 0.25) is 5.91 Å². The Kier molecular flexibility index (Phi) is 7.91. The Hall–Kier alpha value is -3.53. The van der Waals surface area contributed by atoms with Crippen molar-refractivity contribution in [3.05, 3.63) is 54.3 Å². The molecule has 10 heteroatoms. The molecule has 2 amide bonds. The quantitative estimate of drug-likeness (QED) is 0.464. The van der Waals surface area contributed by atoms with E-state index in [2.05, 4.69) is 26.8 Å². The van der Waals surface area contributed by atoms with Crippen LogP contribution in [0.15, 0.2) is 42.9 Å². The molecule has 43 heavy (non-hydrogen) atoms. The standard InChI is InChI=1S/C33H43FN6O3/c1-20(2)40(21(3)4)31(41)26-15-23(34)6-9-27(26)43-28-16-35-19-36-30(28)39-17-33(18-39)10-12-38(13-11-33)32(42)29-25-8-7-24(37-29)14-22(25)5/h6,9,15-16,19-21,24-25,29,37H,5,7-8,10-14,17-18H2,1-4H3/t24-,25+,29-/m0/s1. The fraction of sp³-hybridized carbons (Fsp3) is 0.576. The first-order valence-electron chi connectivity index (χ1n) is 15.6. The number of amides is 2. The maximum atomic E-state index is 14.3. The molecule has 2 bridgehead atoms. The second-order valence-corrected chi connectivity index (χ2v) is 13.4. The minimum Gasteiger partial charge on any atom is -0.451 e. The molecular formula is C33H43FN6O3. The number of benzene rings is 1. The van der Waals surface area contributed by atoms with Crippen molar-refractivity contribution in [3.63, 3.8) is 0 Å². The summed E-state index contributed by atoms with van der Waals surface area (Å²) in [4.78, 5) is 41.6. The summed E-state index contributed by atoms with van der Waals surface area (Å²) < 4.78 is 20.6. The number of carbonyl (C=O) groups is 2. The summed E-state index contributed by atoms with van der Waals surface area (Å²) in [6.07, 6.45) is 8.15. The Balaban J connectivity index is 1.12. The topological polar surface area (TPSA) is 90.9 Å². The summed E-state index contributed by atoms with van der Waals surface area (Å²) in [6.45, 7) is 15.1. The summed E-state index contributed by atoms with van der Waals surface area (Å²) in [5.74, 6) is 1.04. The minimum atomic E-state index is -0.501. The van der Waals surface area contributed by atoms with Gasteiger partial charge < -0.3 is 24.8 Å². The predicted octanol–water partition coefficient (Wildman–Crippen LogP) is 4.79. The Bertz CT molecular complexity index is 1390. The van der Waals surface area contributed by atoms with Gasteiger partial charge in [-0.2, -0.15) is 0 Å². The molecule has 2 aromatic rings. The van der Waals surface area contributed by atoms with Crippen LogP contribution in [-0.2, 0) is 4.79 Å². The first kappa shape index (κ1) is 29.5. The number of fused-ring (bicyclic) bond motifs is 3. The lowest BCUT2D eigenvalue weighted by atomic mass is 9.70. The summed E-state index contributed by atoms with van der Waals surface area (Å²) in [7, 11) is 0. The van der Waals surface area contributed by atoms with Gasteiger partial charge in [-0.05, 0) is 78.0 Å². The number of nitrogens with one attached hydrogen (secondary N) is 1.